The summed E-state index contributed by atoms with van der Waals surface area (Å²) in [5.41, 5.74) is 0.336. The summed E-state index contributed by atoms with van der Waals surface area (Å²) < 4.78 is 6.25. The quantitative estimate of drug-likeness (QED) is 0.125. The molecule has 4 rings (SSSR count). The van der Waals surface area contributed by atoms with Gasteiger partial charge in [0.15, 0.2) is 0 Å². The predicted molar refractivity (Wildman–Crippen MR) is 400 cm³/mol. The van der Waals surface area contributed by atoms with E-state index in [1.165, 1.54) is 97.8 Å². The highest BCUT2D eigenvalue weighted by molar-refractivity contribution is 6.00. The van der Waals surface area contributed by atoms with Gasteiger partial charge < -0.3 is 70.3 Å². The summed E-state index contributed by atoms with van der Waals surface area (Å²) in [6, 6.07) is 2.20. The van der Waals surface area contributed by atoms with Crippen LogP contribution in [0.1, 0.15) is 179 Å². The Balaban J connectivity index is 1.97. The summed E-state index contributed by atoms with van der Waals surface area (Å²) in [6.07, 6.45) is 2.61. The van der Waals surface area contributed by atoms with Crippen molar-refractivity contribution in [2.75, 3.05) is 75.6 Å². The maximum Gasteiger partial charge on any atom is 0.247 e. The van der Waals surface area contributed by atoms with Gasteiger partial charge in [-0.3, -0.25) is 57.5 Å². The minimum absolute atomic E-state index is 0.0129. The molecule has 2 heterocycles. The number of piperidine rings is 1. The lowest BCUT2D eigenvalue weighted by Crippen LogP contribution is -2.62. The molecule has 2 aliphatic heterocycles. The van der Waals surface area contributed by atoms with E-state index in [0.29, 0.717) is 43.5 Å². The number of nitrogens with zero attached hydrogens (tertiary/aromatic N) is 8. The largest absolute Gasteiger partial charge is 0.508 e. The Morgan fingerprint density at radius 2 is 0.933 bits per heavy atom. The molecule has 5 N–H and O–H groups in total. The molecule has 2 saturated heterocycles. The van der Waals surface area contributed by atoms with Crippen LogP contribution >= 0.6 is 0 Å². The molecule has 2 fully saturated rings. The zero-order chi connectivity index (χ0) is 78.4. The minimum atomic E-state index is -1.47. The van der Waals surface area contributed by atoms with Gasteiger partial charge >= 0.3 is 0 Å². The molecule has 104 heavy (non-hydrogen) atoms. The van der Waals surface area contributed by atoms with Gasteiger partial charge in [-0.15, -0.1) is 0 Å². The molecule has 2 aliphatic rings. The lowest BCUT2D eigenvalue weighted by molar-refractivity contribution is -0.151. The second kappa shape index (κ2) is 40.9. The molecule has 12 amide bonds. The first-order valence-electron chi connectivity index (χ1n) is 37.4. The normalized spacial score (nSPS) is 25.0. The van der Waals surface area contributed by atoms with Crippen LogP contribution in [0.25, 0.3) is 0 Å². The van der Waals surface area contributed by atoms with Crippen molar-refractivity contribution in [3.8, 4) is 5.75 Å². The maximum atomic E-state index is 15.6. The molecule has 582 valence electrons. The zero-order valence-corrected chi connectivity index (χ0v) is 66.2. The first-order valence-corrected chi connectivity index (χ1v) is 37.4. The highest BCUT2D eigenvalue weighted by Gasteiger charge is 2.44. The molecule has 11 atom stereocenters. The Morgan fingerprint density at radius 3 is 1.43 bits per heavy atom. The van der Waals surface area contributed by atoms with Crippen LogP contribution in [0, 0.1) is 29.6 Å². The number of carbonyl (C=O) groups excluding carboxylic acids is 12. The molecule has 0 aromatic heterocycles. The van der Waals surface area contributed by atoms with Gasteiger partial charge in [-0.2, -0.15) is 0 Å². The number of hydrogen-bond donors (Lipinski definition) is 5. The van der Waals surface area contributed by atoms with Gasteiger partial charge in [0.05, 0.1) is 18.6 Å². The molecule has 0 aliphatic carbocycles. The summed E-state index contributed by atoms with van der Waals surface area (Å²) in [4.78, 5) is 191. The number of benzene rings is 2. The fourth-order valence-corrected chi connectivity index (χ4v) is 13.1. The number of likely N-dealkylation sites (tertiary alicyclic amines) is 1. The highest BCUT2D eigenvalue weighted by Crippen LogP contribution is 2.25. The molecule has 26 heteroatoms. The molecule has 2 aromatic rings. The van der Waals surface area contributed by atoms with Gasteiger partial charge in [-0.25, -0.2) is 0 Å². The monoisotopic (exact) mass is 1450 g/mol. The molecule has 0 unspecified atom stereocenters. The topological polar surface area (TPSA) is 308 Å². The van der Waals surface area contributed by atoms with Crippen molar-refractivity contribution in [1.29, 1.82) is 0 Å². The Hall–Kier alpha value is -8.16. The molecule has 0 saturated carbocycles. The van der Waals surface area contributed by atoms with Crippen molar-refractivity contribution in [2.45, 2.75) is 246 Å². The van der Waals surface area contributed by atoms with Crippen LogP contribution in [0.2, 0.25) is 0 Å². The first kappa shape index (κ1) is 88.2. The summed E-state index contributed by atoms with van der Waals surface area (Å²) in [5.74, 6) is -8.89. The molecule has 0 spiro atoms. The number of rotatable bonds is 17. The van der Waals surface area contributed by atoms with E-state index in [2.05, 4.69) is 21.3 Å². The van der Waals surface area contributed by atoms with Crippen LogP contribution < -0.4 is 21.3 Å². The number of phenolic OH excluding ortho intramolecular Hbond substituents is 1. The molecular formula is C78H126N12O14. The maximum absolute atomic E-state index is 15.6. The molecular weight excluding hydrogens is 1330 g/mol. The standard InChI is InChI=1S/C78H126N12O14/c1-22-52(10)67-77(103)89(21)64(45-54-30-25-23-26-31-54)76(102)88(20)63(43-51(8)9)70(96)81-59(47-104-78(12,13)14)74(100)87(19)62(42-50(6)7)69(95)79-57(44-55-33-35-56(91)36-34-55)73(99)84(16)53(11)72(98)86(18)61(41-49(4)5)68(94)80-58(75(101)90-38-27-24-28-39-90)46-66(93)83(15)37-29-32-65(92)85(17)60(40-48(2)3)71(97)82-67/h23,25-26,30-31,33-36,48-53,57-64,67,91H,22,24,27-29,32,37-47H2,1-21H3,(H,79,95)(H,80,94)(H,81,96)(H,82,97)/t52-,53-,57-,58-,59-,60-,61-,62-,63-,64-,67-/m0/s1. The van der Waals surface area contributed by atoms with E-state index in [1.54, 1.807) is 56.9 Å². The number of hydrogen-bond acceptors (Lipinski definition) is 14. The Labute approximate surface area is 619 Å². The van der Waals surface area contributed by atoms with Crippen LogP contribution in [0.5, 0.6) is 5.75 Å². The van der Waals surface area contributed by atoms with Crippen molar-refractivity contribution in [3.63, 3.8) is 0 Å². The molecule has 2 aromatic carbocycles. The number of aromatic hydroxyl groups is 1. The van der Waals surface area contributed by atoms with Gasteiger partial charge in [0.1, 0.15) is 66.2 Å². The van der Waals surface area contributed by atoms with E-state index in [0.717, 1.165) is 11.3 Å². The molecule has 0 bridgehead atoms. The van der Waals surface area contributed by atoms with Crippen molar-refractivity contribution in [3.05, 3.63) is 65.7 Å². The van der Waals surface area contributed by atoms with Crippen LogP contribution in [-0.4, -0.2) is 257 Å². The second-order valence-electron chi connectivity index (χ2n) is 31.6. The van der Waals surface area contributed by atoms with E-state index in [9.17, 15) is 33.9 Å². The Kier molecular flexibility index (Phi) is 34.7. The average molecular weight is 1460 g/mol. The van der Waals surface area contributed by atoms with Crippen LogP contribution in [0.4, 0.5) is 0 Å². The number of phenols is 1. The average Bonchev–Trinajstić information content (AvgIpc) is 0.827. The van der Waals surface area contributed by atoms with Crippen LogP contribution in [0.15, 0.2) is 54.6 Å². The van der Waals surface area contributed by atoms with Gasteiger partial charge in [-0.05, 0) is 132 Å². The summed E-state index contributed by atoms with van der Waals surface area (Å²) >= 11 is 0. The van der Waals surface area contributed by atoms with Crippen LogP contribution in [0.3, 0.4) is 0 Å². The zero-order valence-electron chi connectivity index (χ0n) is 66.2. The van der Waals surface area contributed by atoms with Crippen LogP contribution in [-0.2, 0) is 75.1 Å². The Bertz CT molecular complexity index is 3210. The lowest BCUT2D eigenvalue weighted by atomic mass is 9.94. The summed E-state index contributed by atoms with van der Waals surface area (Å²) in [7, 11) is 10.2. The third-order valence-electron chi connectivity index (χ3n) is 20.0. The SMILES string of the molecule is CC[C@H](C)[C@@H]1NC(=O)[C@H](CC(C)C)N(C)C(=O)CCCN(C)C(=O)C[C@@H](C(=O)N2CCCCC2)NC(=O)[C@H](CC(C)C)N(C)C(=O)[C@H](C)N(C)C(=O)[C@H](Cc2ccc(O)cc2)NC(=O)[C@H](CC(C)C)N(C)C(=O)[C@H](COC(C)(C)C)NC(=O)[C@H](CC(C)C)N(C)C(=O)[C@H](Cc2ccccc2)N(C)C1=O. The van der Waals surface area contributed by atoms with Gasteiger partial charge in [0, 0.05) is 88.2 Å². The second-order valence-corrected chi connectivity index (χ2v) is 31.6. The highest BCUT2D eigenvalue weighted by atomic mass is 16.5. The fourth-order valence-electron chi connectivity index (χ4n) is 13.1. The van der Waals surface area contributed by atoms with Gasteiger partial charge in [-0.1, -0.05) is 118 Å². The number of carbonyl (C=O) groups is 12. The van der Waals surface area contributed by atoms with E-state index >= 15 is 28.8 Å². The first-order chi connectivity index (χ1) is 48.6. The number of amides is 12. The minimum Gasteiger partial charge on any atom is -0.508 e. The summed E-state index contributed by atoms with van der Waals surface area (Å²) in [5, 5.41) is 22.0. The number of ether oxygens (including phenoxy) is 1. The van der Waals surface area contributed by atoms with E-state index in [-0.39, 0.29) is 93.9 Å². The third kappa shape index (κ3) is 26.2. The smallest absolute Gasteiger partial charge is 0.247 e. The molecule has 26 nitrogen and oxygen atoms in total. The fraction of sp³-hybridized carbons (Fsp3) is 0.692. The predicted octanol–water partition coefficient (Wildman–Crippen LogP) is 5.80. The molecule has 0 radical (unpaired) electrons. The van der Waals surface area contributed by atoms with Gasteiger partial charge in [0.25, 0.3) is 0 Å². The summed E-state index contributed by atoms with van der Waals surface area (Å²) in [6.45, 7) is 25.9. The van der Waals surface area contributed by atoms with Crippen molar-refractivity contribution < 1.29 is 67.4 Å². The van der Waals surface area contributed by atoms with E-state index < -0.39 is 149 Å². The lowest BCUT2D eigenvalue weighted by Gasteiger charge is -2.38. The number of nitrogens with one attached hydrogen (secondary N) is 4. The van der Waals surface area contributed by atoms with E-state index in [1.807, 2.05) is 80.5 Å². The Morgan fingerprint density at radius 1 is 0.490 bits per heavy atom. The van der Waals surface area contributed by atoms with Crippen molar-refractivity contribution in [1.82, 2.24) is 60.5 Å². The van der Waals surface area contributed by atoms with Crippen molar-refractivity contribution >= 4 is 70.9 Å². The third-order valence-corrected chi connectivity index (χ3v) is 20.0. The number of likely N-dealkylation sites (N-methyl/N-ethyl adjacent to an activating group) is 6. The van der Waals surface area contributed by atoms with E-state index in [4.69, 9.17) is 4.74 Å². The van der Waals surface area contributed by atoms with Crippen molar-refractivity contribution in [2.24, 2.45) is 29.6 Å². The van der Waals surface area contributed by atoms with Gasteiger partial charge in [0.2, 0.25) is 70.9 Å².